The Balaban J connectivity index is 1.72. The first-order valence-corrected chi connectivity index (χ1v) is 10.6. The number of benzene rings is 2. The largest absolute Gasteiger partial charge is 0.494 e. The van der Waals surface area contributed by atoms with E-state index in [1.807, 2.05) is 26.8 Å². The topological polar surface area (TPSA) is 79.0 Å². The number of hydrogen-bond donors (Lipinski definition) is 1. The molecular formula is C24H29N3O4. The van der Waals surface area contributed by atoms with Crippen LogP contribution in [0.4, 0.5) is 16.2 Å². The van der Waals surface area contributed by atoms with E-state index in [0.29, 0.717) is 24.5 Å². The zero-order valence-corrected chi connectivity index (χ0v) is 18.2. The number of carbonyl (C=O) groups is 3. The molecule has 0 bridgehead atoms. The van der Waals surface area contributed by atoms with Gasteiger partial charge in [-0.25, -0.2) is 9.69 Å². The molecule has 2 aromatic carbocycles. The first-order chi connectivity index (χ1) is 14.9. The van der Waals surface area contributed by atoms with Crippen molar-refractivity contribution in [2.75, 3.05) is 23.4 Å². The summed E-state index contributed by atoms with van der Waals surface area (Å²) in [5, 5.41) is 2.81. The van der Waals surface area contributed by atoms with E-state index in [0.717, 1.165) is 12.2 Å². The highest BCUT2D eigenvalue weighted by atomic mass is 16.5. The lowest BCUT2D eigenvalue weighted by Gasteiger charge is -2.23. The molecule has 1 aliphatic heterocycles. The van der Waals surface area contributed by atoms with E-state index in [1.54, 1.807) is 48.5 Å². The Morgan fingerprint density at radius 1 is 1.06 bits per heavy atom. The lowest BCUT2D eigenvalue weighted by Crippen LogP contribution is -2.40. The van der Waals surface area contributed by atoms with Gasteiger partial charge in [-0.1, -0.05) is 39.0 Å². The minimum atomic E-state index is -0.831. The Morgan fingerprint density at radius 3 is 2.35 bits per heavy atom. The van der Waals surface area contributed by atoms with E-state index in [2.05, 4.69) is 5.32 Å². The molecule has 164 valence electrons. The number of carbonyl (C=O) groups excluding carboxylic acids is 3. The molecule has 0 aliphatic carbocycles. The molecule has 7 heteroatoms. The van der Waals surface area contributed by atoms with E-state index < -0.39 is 6.04 Å². The second-order valence-electron chi connectivity index (χ2n) is 7.98. The van der Waals surface area contributed by atoms with E-state index in [4.69, 9.17) is 4.74 Å². The van der Waals surface area contributed by atoms with Crippen LogP contribution in [0.2, 0.25) is 0 Å². The summed E-state index contributed by atoms with van der Waals surface area (Å²) in [5.41, 5.74) is 1.12. The van der Waals surface area contributed by atoms with Crippen LogP contribution >= 0.6 is 0 Å². The van der Waals surface area contributed by atoms with E-state index in [1.165, 1.54) is 9.80 Å². The first-order valence-electron chi connectivity index (χ1n) is 10.6. The number of urea groups is 1. The fourth-order valence-corrected chi connectivity index (χ4v) is 3.49. The van der Waals surface area contributed by atoms with Gasteiger partial charge in [0.1, 0.15) is 11.8 Å². The standard InChI is InChI=1S/C24H29N3O4/c1-4-14-31-20-12-10-18(11-13-20)25-22(28)15-21-23(29)27(19-8-6-5-7-9-19)24(30)26(21)16-17(2)3/h5-13,17,21H,4,14-16H2,1-3H3,(H,25,28)/t21-/m1/s1. The third-order valence-corrected chi connectivity index (χ3v) is 4.88. The molecule has 1 atom stereocenters. The summed E-state index contributed by atoms with van der Waals surface area (Å²) in [6.45, 7) is 7.01. The Hall–Kier alpha value is -3.35. The number of nitrogens with one attached hydrogen (secondary N) is 1. The van der Waals surface area contributed by atoms with Crippen molar-refractivity contribution in [2.45, 2.75) is 39.7 Å². The highest BCUT2D eigenvalue weighted by molar-refractivity contribution is 6.22. The van der Waals surface area contributed by atoms with Gasteiger partial charge in [-0.15, -0.1) is 0 Å². The molecule has 1 heterocycles. The van der Waals surface area contributed by atoms with Gasteiger partial charge >= 0.3 is 6.03 Å². The van der Waals surface area contributed by atoms with Crippen molar-refractivity contribution in [3.8, 4) is 5.75 Å². The number of para-hydroxylation sites is 1. The molecule has 1 N–H and O–H groups in total. The second kappa shape index (κ2) is 10.1. The van der Waals surface area contributed by atoms with Gasteiger partial charge in [-0.3, -0.25) is 9.59 Å². The molecule has 0 aromatic heterocycles. The minimum absolute atomic E-state index is 0.102. The molecule has 0 radical (unpaired) electrons. The first kappa shape index (κ1) is 22.3. The molecular weight excluding hydrogens is 394 g/mol. The van der Waals surface area contributed by atoms with Gasteiger partial charge in [-0.2, -0.15) is 0 Å². The Bertz CT molecular complexity index is 912. The van der Waals surface area contributed by atoms with Crippen LogP contribution < -0.4 is 15.0 Å². The molecule has 1 aliphatic rings. The summed E-state index contributed by atoms with van der Waals surface area (Å²) in [4.78, 5) is 41.5. The van der Waals surface area contributed by atoms with Crippen LogP contribution in [-0.2, 0) is 9.59 Å². The Labute approximate surface area is 183 Å². The van der Waals surface area contributed by atoms with E-state index in [9.17, 15) is 14.4 Å². The quantitative estimate of drug-likeness (QED) is 0.610. The van der Waals surface area contributed by atoms with Crippen LogP contribution in [0.25, 0.3) is 0 Å². The van der Waals surface area contributed by atoms with Gasteiger partial charge in [0.15, 0.2) is 0 Å². The third kappa shape index (κ3) is 5.42. The third-order valence-electron chi connectivity index (χ3n) is 4.88. The molecule has 0 saturated carbocycles. The highest BCUT2D eigenvalue weighted by Gasteiger charge is 2.46. The molecule has 0 unspecified atom stereocenters. The van der Waals surface area contributed by atoms with Crippen molar-refractivity contribution in [1.29, 1.82) is 0 Å². The average Bonchev–Trinajstić information content (AvgIpc) is 2.97. The minimum Gasteiger partial charge on any atom is -0.494 e. The smallest absolute Gasteiger partial charge is 0.332 e. The predicted octanol–water partition coefficient (Wildman–Crippen LogP) is 4.30. The van der Waals surface area contributed by atoms with Crippen LogP contribution in [0, 0.1) is 5.92 Å². The SMILES string of the molecule is CCCOc1ccc(NC(=O)C[C@@H]2C(=O)N(c3ccccc3)C(=O)N2CC(C)C)cc1. The van der Waals surface area contributed by atoms with Gasteiger partial charge in [0.25, 0.3) is 5.91 Å². The van der Waals surface area contributed by atoms with Gasteiger partial charge in [0.2, 0.25) is 5.91 Å². The van der Waals surface area contributed by atoms with Crippen LogP contribution in [0.15, 0.2) is 54.6 Å². The molecule has 3 rings (SSSR count). The van der Waals surface area contributed by atoms with Crippen molar-refractivity contribution >= 4 is 29.2 Å². The van der Waals surface area contributed by atoms with Crippen LogP contribution in [0.3, 0.4) is 0 Å². The highest BCUT2D eigenvalue weighted by Crippen LogP contribution is 2.28. The van der Waals surface area contributed by atoms with Gasteiger partial charge in [-0.05, 0) is 48.7 Å². The summed E-state index contributed by atoms with van der Waals surface area (Å²) in [6, 6.07) is 14.7. The maximum atomic E-state index is 13.1. The summed E-state index contributed by atoms with van der Waals surface area (Å²) in [6.07, 6.45) is 0.814. The van der Waals surface area contributed by atoms with Crippen molar-refractivity contribution in [3.05, 3.63) is 54.6 Å². The molecule has 4 amide bonds. The number of imide groups is 1. The summed E-state index contributed by atoms with van der Waals surface area (Å²) in [5.74, 6) is 0.194. The summed E-state index contributed by atoms with van der Waals surface area (Å²) < 4.78 is 5.55. The van der Waals surface area contributed by atoms with Crippen molar-refractivity contribution < 1.29 is 19.1 Å². The fraction of sp³-hybridized carbons (Fsp3) is 0.375. The van der Waals surface area contributed by atoms with Crippen LogP contribution in [0.1, 0.15) is 33.6 Å². The summed E-state index contributed by atoms with van der Waals surface area (Å²) >= 11 is 0. The van der Waals surface area contributed by atoms with Gasteiger partial charge in [0, 0.05) is 12.2 Å². The van der Waals surface area contributed by atoms with Gasteiger partial charge in [0.05, 0.1) is 18.7 Å². The molecule has 2 aromatic rings. The molecule has 0 spiro atoms. The zero-order chi connectivity index (χ0) is 22.4. The van der Waals surface area contributed by atoms with Gasteiger partial charge < -0.3 is 15.0 Å². The zero-order valence-electron chi connectivity index (χ0n) is 18.2. The van der Waals surface area contributed by atoms with E-state index >= 15 is 0 Å². The molecule has 31 heavy (non-hydrogen) atoms. The molecule has 1 saturated heterocycles. The second-order valence-corrected chi connectivity index (χ2v) is 7.98. The number of anilines is 2. The van der Waals surface area contributed by atoms with Crippen LogP contribution in [0.5, 0.6) is 5.75 Å². The number of hydrogen-bond acceptors (Lipinski definition) is 4. The predicted molar refractivity (Wildman–Crippen MR) is 120 cm³/mol. The number of ether oxygens (including phenoxy) is 1. The average molecular weight is 424 g/mol. The summed E-state index contributed by atoms with van der Waals surface area (Å²) in [7, 11) is 0. The Kier molecular flexibility index (Phi) is 7.28. The number of nitrogens with zero attached hydrogens (tertiary/aromatic N) is 2. The maximum absolute atomic E-state index is 13.1. The van der Waals surface area contributed by atoms with Crippen molar-refractivity contribution in [1.82, 2.24) is 4.90 Å². The number of rotatable bonds is 9. The van der Waals surface area contributed by atoms with Crippen LogP contribution in [-0.4, -0.2) is 41.9 Å². The lowest BCUT2D eigenvalue weighted by atomic mass is 10.1. The monoisotopic (exact) mass is 423 g/mol. The van der Waals surface area contributed by atoms with E-state index in [-0.39, 0.29) is 30.2 Å². The lowest BCUT2D eigenvalue weighted by molar-refractivity contribution is -0.124. The molecule has 1 fully saturated rings. The maximum Gasteiger partial charge on any atom is 0.332 e. The normalized spacial score (nSPS) is 16.2. The number of amides is 4. The van der Waals surface area contributed by atoms with Crippen molar-refractivity contribution in [3.63, 3.8) is 0 Å². The van der Waals surface area contributed by atoms with Crippen molar-refractivity contribution in [2.24, 2.45) is 5.92 Å². The fourth-order valence-electron chi connectivity index (χ4n) is 3.49. The Morgan fingerprint density at radius 2 is 1.74 bits per heavy atom. The molecule has 7 nitrogen and oxygen atoms in total.